The highest BCUT2D eigenvalue weighted by atomic mass is 16.3. The van der Waals surface area contributed by atoms with Crippen LogP contribution >= 0.6 is 0 Å². The predicted molar refractivity (Wildman–Crippen MR) is 138 cm³/mol. The van der Waals surface area contributed by atoms with Crippen molar-refractivity contribution in [2.24, 2.45) is 0 Å². The summed E-state index contributed by atoms with van der Waals surface area (Å²) < 4.78 is 2.20. The highest BCUT2D eigenvalue weighted by Gasteiger charge is 2.34. The van der Waals surface area contributed by atoms with Crippen LogP contribution in [0.2, 0.25) is 0 Å². The molecule has 10 nitrogen and oxygen atoms in total. The van der Waals surface area contributed by atoms with Gasteiger partial charge in [-0.1, -0.05) is 12.8 Å². The van der Waals surface area contributed by atoms with Crippen LogP contribution in [0.3, 0.4) is 0 Å². The zero-order valence-corrected chi connectivity index (χ0v) is 20.9. The smallest absolute Gasteiger partial charge is 0.230 e. The Morgan fingerprint density at radius 3 is 2.67 bits per heavy atom. The average molecular weight is 491 g/mol. The fourth-order valence-corrected chi connectivity index (χ4v) is 5.93. The maximum Gasteiger partial charge on any atom is 0.230 e. The number of rotatable bonds is 6. The van der Waals surface area contributed by atoms with Gasteiger partial charge in [-0.3, -0.25) is 9.69 Å². The number of amides is 1. The van der Waals surface area contributed by atoms with E-state index in [1.807, 2.05) is 37.2 Å². The summed E-state index contributed by atoms with van der Waals surface area (Å²) in [4.78, 5) is 30.3. The SMILES string of the molecule is CN(C)C(O)c1cc2cnc(Nc3ccc(N4C[C@H]5CC[C@@H](CC4=O)N5)cn3)nc2n1C1CCCC1. The molecule has 1 unspecified atom stereocenters. The zero-order valence-electron chi connectivity index (χ0n) is 20.9. The molecular weight excluding hydrogens is 456 g/mol. The lowest BCUT2D eigenvalue weighted by Crippen LogP contribution is -2.37. The monoisotopic (exact) mass is 490 g/mol. The minimum absolute atomic E-state index is 0.148. The summed E-state index contributed by atoms with van der Waals surface area (Å²) >= 11 is 0. The van der Waals surface area contributed by atoms with E-state index in [1.54, 1.807) is 17.3 Å². The van der Waals surface area contributed by atoms with Crippen molar-refractivity contribution in [2.75, 3.05) is 30.9 Å². The van der Waals surface area contributed by atoms with Crippen LogP contribution in [-0.2, 0) is 4.79 Å². The van der Waals surface area contributed by atoms with E-state index < -0.39 is 6.23 Å². The van der Waals surface area contributed by atoms with Crippen molar-refractivity contribution in [2.45, 2.75) is 69.3 Å². The van der Waals surface area contributed by atoms with Gasteiger partial charge in [-0.25, -0.2) is 9.97 Å². The lowest BCUT2D eigenvalue weighted by Gasteiger charge is -2.24. The van der Waals surface area contributed by atoms with E-state index >= 15 is 0 Å². The van der Waals surface area contributed by atoms with Gasteiger partial charge < -0.3 is 25.2 Å². The first-order chi connectivity index (χ1) is 17.5. The molecule has 10 heteroatoms. The van der Waals surface area contributed by atoms with Gasteiger partial charge in [-0.05, 0) is 58.0 Å². The Morgan fingerprint density at radius 1 is 1.11 bits per heavy atom. The van der Waals surface area contributed by atoms with E-state index in [1.165, 1.54) is 12.8 Å². The Labute approximate surface area is 210 Å². The van der Waals surface area contributed by atoms with E-state index in [0.717, 1.165) is 48.1 Å². The lowest BCUT2D eigenvalue weighted by molar-refractivity contribution is -0.118. The second-order valence-electron chi connectivity index (χ2n) is 10.6. The summed E-state index contributed by atoms with van der Waals surface area (Å²) in [6.07, 6.45) is 10.1. The molecule has 2 saturated heterocycles. The van der Waals surface area contributed by atoms with Gasteiger partial charge in [0.15, 0.2) is 0 Å². The second kappa shape index (κ2) is 9.42. The number of fused-ring (bicyclic) bond motifs is 3. The molecule has 0 aromatic carbocycles. The van der Waals surface area contributed by atoms with Crippen LogP contribution in [0, 0.1) is 0 Å². The fourth-order valence-electron chi connectivity index (χ4n) is 5.93. The van der Waals surface area contributed by atoms with Crippen molar-refractivity contribution in [1.29, 1.82) is 0 Å². The molecule has 3 aromatic heterocycles. The Morgan fingerprint density at radius 2 is 1.92 bits per heavy atom. The summed E-state index contributed by atoms with van der Waals surface area (Å²) in [6, 6.07) is 6.77. The van der Waals surface area contributed by atoms with E-state index in [0.29, 0.717) is 42.9 Å². The molecule has 5 heterocycles. The van der Waals surface area contributed by atoms with Gasteiger partial charge in [-0.2, -0.15) is 4.98 Å². The van der Waals surface area contributed by atoms with Crippen LogP contribution < -0.4 is 15.5 Å². The fraction of sp³-hybridized carbons (Fsp3) is 0.538. The number of aromatic nitrogens is 4. The van der Waals surface area contributed by atoms with Crippen molar-refractivity contribution in [1.82, 2.24) is 29.7 Å². The molecule has 2 aliphatic heterocycles. The average Bonchev–Trinajstić information content (AvgIpc) is 3.59. The molecule has 2 bridgehead atoms. The summed E-state index contributed by atoms with van der Waals surface area (Å²) in [6.45, 7) is 0.683. The second-order valence-corrected chi connectivity index (χ2v) is 10.6. The number of carbonyl (C=O) groups is 1. The van der Waals surface area contributed by atoms with Crippen molar-refractivity contribution in [3.63, 3.8) is 0 Å². The number of aliphatic hydroxyl groups excluding tert-OH is 1. The number of pyridine rings is 1. The van der Waals surface area contributed by atoms with Gasteiger partial charge in [0.05, 0.1) is 17.6 Å². The van der Waals surface area contributed by atoms with Crippen LogP contribution in [0.4, 0.5) is 17.5 Å². The molecule has 1 amide bonds. The number of hydrogen-bond donors (Lipinski definition) is 3. The molecule has 3 aromatic rings. The van der Waals surface area contributed by atoms with Gasteiger partial charge in [0.25, 0.3) is 0 Å². The number of carbonyl (C=O) groups excluding carboxylic acids is 1. The first-order valence-electron chi connectivity index (χ1n) is 13.0. The maximum absolute atomic E-state index is 12.7. The quantitative estimate of drug-likeness (QED) is 0.452. The highest BCUT2D eigenvalue weighted by molar-refractivity contribution is 5.94. The van der Waals surface area contributed by atoms with Crippen molar-refractivity contribution < 1.29 is 9.90 Å². The topological polar surface area (TPSA) is 111 Å². The van der Waals surface area contributed by atoms with Gasteiger partial charge in [-0.15, -0.1) is 0 Å². The molecule has 0 radical (unpaired) electrons. The van der Waals surface area contributed by atoms with E-state index in [9.17, 15) is 9.90 Å². The summed E-state index contributed by atoms with van der Waals surface area (Å²) in [5, 5.41) is 18.5. The van der Waals surface area contributed by atoms with Crippen LogP contribution in [-0.4, -0.2) is 68.2 Å². The number of anilines is 3. The zero-order chi connectivity index (χ0) is 24.8. The van der Waals surface area contributed by atoms with Gasteiger partial charge in [0.1, 0.15) is 17.7 Å². The van der Waals surface area contributed by atoms with Crippen molar-refractivity contribution >= 4 is 34.4 Å². The van der Waals surface area contributed by atoms with E-state index in [2.05, 4.69) is 25.2 Å². The standard InChI is InChI=1S/C26H34N8O2/c1-32(2)25(36)21-11-16-13-28-26(31-24(16)34(21)19-5-3-4-6-19)30-22-10-9-20(14-27-22)33-15-18-8-7-17(29-18)12-23(33)35/h9-11,13-14,17-19,25,29,36H,3-8,12,15H2,1-2H3,(H,27,28,30,31)/t17-,18+,25?/m0/s1. The Balaban J connectivity index is 1.25. The number of nitrogens with one attached hydrogen (secondary N) is 2. The molecule has 3 aliphatic rings. The molecule has 190 valence electrons. The molecule has 3 N–H and O–H groups in total. The molecule has 1 saturated carbocycles. The first kappa shape index (κ1) is 23.3. The van der Waals surface area contributed by atoms with E-state index in [4.69, 9.17) is 4.98 Å². The van der Waals surface area contributed by atoms with Gasteiger partial charge in [0.2, 0.25) is 11.9 Å². The van der Waals surface area contributed by atoms with Crippen molar-refractivity contribution in [3.05, 3.63) is 36.3 Å². The Bertz CT molecular complexity index is 1250. The maximum atomic E-state index is 12.7. The third kappa shape index (κ3) is 4.33. The molecule has 3 atom stereocenters. The van der Waals surface area contributed by atoms with Gasteiger partial charge in [0, 0.05) is 42.7 Å². The molecule has 36 heavy (non-hydrogen) atoms. The third-order valence-corrected chi connectivity index (χ3v) is 7.81. The molecule has 6 rings (SSSR count). The summed E-state index contributed by atoms with van der Waals surface area (Å²) in [7, 11) is 3.74. The summed E-state index contributed by atoms with van der Waals surface area (Å²) in [5.74, 6) is 1.22. The Hall–Kier alpha value is -3.08. The predicted octanol–water partition coefficient (Wildman–Crippen LogP) is 3.09. The number of nitrogens with zero attached hydrogens (tertiary/aromatic N) is 6. The van der Waals surface area contributed by atoms with E-state index in [-0.39, 0.29) is 5.91 Å². The number of hydrogen-bond acceptors (Lipinski definition) is 8. The summed E-state index contributed by atoms with van der Waals surface area (Å²) in [5.41, 5.74) is 2.49. The minimum atomic E-state index is -0.711. The molecule has 3 fully saturated rings. The molecule has 1 aliphatic carbocycles. The lowest BCUT2D eigenvalue weighted by atomic mass is 10.1. The van der Waals surface area contributed by atoms with Crippen LogP contribution in [0.15, 0.2) is 30.6 Å². The Kier molecular flexibility index (Phi) is 6.10. The highest BCUT2D eigenvalue weighted by Crippen LogP contribution is 2.36. The van der Waals surface area contributed by atoms with Crippen molar-refractivity contribution in [3.8, 4) is 0 Å². The number of aliphatic hydroxyl groups is 1. The largest absolute Gasteiger partial charge is 0.373 e. The third-order valence-electron chi connectivity index (χ3n) is 7.81. The van der Waals surface area contributed by atoms with Crippen LogP contribution in [0.5, 0.6) is 0 Å². The van der Waals surface area contributed by atoms with Gasteiger partial charge >= 0.3 is 0 Å². The van der Waals surface area contributed by atoms with Crippen LogP contribution in [0.1, 0.15) is 62.9 Å². The van der Waals surface area contributed by atoms with Crippen LogP contribution in [0.25, 0.3) is 11.0 Å². The minimum Gasteiger partial charge on any atom is -0.373 e. The first-order valence-corrected chi connectivity index (χ1v) is 13.0. The normalized spacial score (nSPS) is 23.6. The molecule has 0 spiro atoms. The molecular formula is C26H34N8O2.